The van der Waals surface area contributed by atoms with E-state index in [1.165, 1.54) is 0 Å². The number of hydrogen-bond donors (Lipinski definition) is 3. The van der Waals surface area contributed by atoms with Crippen molar-refractivity contribution >= 4 is 17.5 Å². The fourth-order valence-corrected chi connectivity index (χ4v) is 2.12. The predicted molar refractivity (Wildman–Crippen MR) is 85.3 cm³/mol. The lowest BCUT2D eigenvalue weighted by molar-refractivity contribution is -0.119. The number of aryl methyl sites for hydroxylation is 1. The molecule has 0 fully saturated rings. The summed E-state index contributed by atoms with van der Waals surface area (Å²) < 4.78 is 0. The molecule has 0 unspecified atom stereocenters. The van der Waals surface area contributed by atoms with Crippen LogP contribution in [0.15, 0.2) is 18.2 Å². The van der Waals surface area contributed by atoms with Gasteiger partial charge in [0.1, 0.15) is 0 Å². The molecule has 0 aliphatic carbocycles. The number of hydrogen-bond acceptors (Lipinski definition) is 3. The number of carbonyl (C=O) groups excluding carboxylic acids is 2. The molecule has 0 radical (unpaired) electrons. The average Bonchev–Trinajstić information content (AvgIpc) is 2.33. The smallest absolute Gasteiger partial charge is 0.253 e. The van der Waals surface area contributed by atoms with Crippen LogP contribution in [0.2, 0.25) is 0 Å². The second kappa shape index (κ2) is 7.11. The molecule has 0 aliphatic rings. The Labute approximate surface area is 126 Å². The zero-order chi connectivity index (χ0) is 16.0. The molecule has 0 saturated heterocycles. The molecule has 0 heterocycles. The Morgan fingerprint density at radius 3 is 2.52 bits per heavy atom. The van der Waals surface area contributed by atoms with E-state index in [0.29, 0.717) is 5.56 Å². The molecular weight excluding hydrogens is 266 g/mol. The third kappa shape index (κ3) is 5.45. The number of primary amides is 1. The van der Waals surface area contributed by atoms with E-state index in [4.69, 9.17) is 5.73 Å². The first kappa shape index (κ1) is 17.0. The number of anilines is 1. The summed E-state index contributed by atoms with van der Waals surface area (Å²) in [6.07, 6.45) is 1.07. The van der Waals surface area contributed by atoms with E-state index in [1.807, 2.05) is 19.1 Å². The van der Waals surface area contributed by atoms with Gasteiger partial charge in [0.2, 0.25) is 5.91 Å². The maximum Gasteiger partial charge on any atom is 0.253 e. The van der Waals surface area contributed by atoms with Crippen molar-refractivity contribution in [1.82, 2.24) is 5.32 Å². The van der Waals surface area contributed by atoms with Crippen LogP contribution in [0.5, 0.6) is 0 Å². The van der Waals surface area contributed by atoms with Gasteiger partial charge in [-0.05, 0) is 44.9 Å². The Morgan fingerprint density at radius 1 is 1.29 bits per heavy atom. The molecule has 116 valence electrons. The molecule has 0 bridgehead atoms. The fourth-order valence-electron chi connectivity index (χ4n) is 2.12. The molecule has 1 rings (SSSR count). The Kier molecular flexibility index (Phi) is 5.76. The highest BCUT2D eigenvalue weighted by atomic mass is 16.2. The van der Waals surface area contributed by atoms with Crippen LogP contribution < -0.4 is 16.4 Å². The summed E-state index contributed by atoms with van der Waals surface area (Å²) in [6.45, 7) is 8.41. The van der Waals surface area contributed by atoms with Gasteiger partial charge in [0.25, 0.3) is 5.91 Å². The highest BCUT2D eigenvalue weighted by Crippen LogP contribution is 2.19. The molecule has 0 saturated carbocycles. The molecule has 0 aliphatic heterocycles. The van der Waals surface area contributed by atoms with Gasteiger partial charge < -0.3 is 16.4 Å². The number of amides is 2. The van der Waals surface area contributed by atoms with Gasteiger partial charge in [0, 0.05) is 24.2 Å². The van der Waals surface area contributed by atoms with Crippen LogP contribution >= 0.6 is 0 Å². The number of nitrogens with one attached hydrogen (secondary N) is 2. The first-order valence-corrected chi connectivity index (χ1v) is 7.20. The van der Waals surface area contributed by atoms with E-state index in [2.05, 4.69) is 17.6 Å². The van der Waals surface area contributed by atoms with Crippen LogP contribution in [0.3, 0.4) is 0 Å². The summed E-state index contributed by atoms with van der Waals surface area (Å²) >= 11 is 0. The van der Waals surface area contributed by atoms with E-state index < -0.39 is 11.4 Å². The largest absolute Gasteiger partial charge is 0.384 e. The van der Waals surface area contributed by atoms with Crippen LogP contribution in [0.4, 0.5) is 5.69 Å². The van der Waals surface area contributed by atoms with Gasteiger partial charge in [-0.25, -0.2) is 0 Å². The predicted octanol–water partition coefficient (Wildman–Crippen LogP) is 2.20. The third-order valence-corrected chi connectivity index (χ3v) is 3.05. The third-order valence-electron chi connectivity index (χ3n) is 3.05. The summed E-state index contributed by atoms with van der Waals surface area (Å²) in [6, 6.07) is 5.64. The minimum atomic E-state index is -0.671. The second-order valence-corrected chi connectivity index (χ2v) is 5.96. The van der Waals surface area contributed by atoms with Crippen molar-refractivity contribution in [2.45, 2.75) is 46.1 Å². The first-order chi connectivity index (χ1) is 9.75. The van der Waals surface area contributed by atoms with Crippen molar-refractivity contribution in [3.05, 3.63) is 29.3 Å². The zero-order valence-electron chi connectivity index (χ0n) is 13.2. The molecular formula is C16H25N3O2. The molecule has 5 heteroatoms. The maximum atomic E-state index is 12.4. The molecule has 0 atom stereocenters. The monoisotopic (exact) mass is 291 g/mol. The van der Waals surface area contributed by atoms with E-state index in [9.17, 15) is 9.59 Å². The van der Waals surface area contributed by atoms with E-state index in [0.717, 1.165) is 24.2 Å². The van der Waals surface area contributed by atoms with E-state index in [1.54, 1.807) is 19.9 Å². The molecule has 4 N–H and O–H groups in total. The Hall–Kier alpha value is -2.04. The SMILES string of the molecule is CCCNc1cc(C)ccc1C(=O)NC(C)(C)CC(N)=O. The number of carbonyl (C=O) groups is 2. The normalized spacial score (nSPS) is 11.0. The number of nitrogens with two attached hydrogens (primary N) is 1. The minimum Gasteiger partial charge on any atom is -0.384 e. The Balaban J connectivity index is 2.93. The maximum absolute atomic E-state index is 12.4. The number of benzene rings is 1. The second-order valence-electron chi connectivity index (χ2n) is 5.96. The summed E-state index contributed by atoms with van der Waals surface area (Å²) in [5, 5.41) is 6.12. The van der Waals surface area contributed by atoms with E-state index >= 15 is 0 Å². The van der Waals surface area contributed by atoms with Crippen LogP contribution in [-0.2, 0) is 4.79 Å². The number of rotatable bonds is 7. The van der Waals surface area contributed by atoms with E-state index in [-0.39, 0.29) is 12.3 Å². The standard InChI is InChI=1S/C16H25N3O2/c1-5-8-18-13-9-11(2)6-7-12(13)15(21)19-16(3,4)10-14(17)20/h6-7,9,18H,5,8,10H2,1-4H3,(H2,17,20)(H,19,21). The summed E-state index contributed by atoms with van der Waals surface area (Å²) in [5.74, 6) is -0.645. The molecule has 0 spiro atoms. The van der Waals surface area contributed by atoms with Crippen molar-refractivity contribution in [2.24, 2.45) is 5.73 Å². The van der Waals surface area contributed by atoms with Gasteiger partial charge in [-0.3, -0.25) is 9.59 Å². The van der Waals surface area contributed by atoms with Gasteiger partial charge in [-0.15, -0.1) is 0 Å². The Bertz CT molecular complexity index is 524. The van der Waals surface area contributed by atoms with Crippen molar-refractivity contribution in [3.8, 4) is 0 Å². The van der Waals surface area contributed by atoms with Crippen molar-refractivity contribution in [3.63, 3.8) is 0 Å². The summed E-state index contributed by atoms with van der Waals surface area (Å²) in [4.78, 5) is 23.5. The van der Waals surface area contributed by atoms with Crippen LogP contribution in [0.1, 0.15) is 49.5 Å². The Morgan fingerprint density at radius 2 is 1.95 bits per heavy atom. The van der Waals surface area contributed by atoms with Crippen LogP contribution in [0.25, 0.3) is 0 Å². The summed E-state index contributed by atoms with van der Waals surface area (Å²) in [5.41, 5.74) is 7.00. The van der Waals surface area contributed by atoms with Crippen LogP contribution in [0, 0.1) is 6.92 Å². The average molecular weight is 291 g/mol. The first-order valence-electron chi connectivity index (χ1n) is 7.20. The minimum absolute atomic E-state index is 0.0995. The van der Waals surface area contributed by atoms with Gasteiger partial charge >= 0.3 is 0 Å². The van der Waals surface area contributed by atoms with Crippen LogP contribution in [-0.4, -0.2) is 23.9 Å². The lowest BCUT2D eigenvalue weighted by Gasteiger charge is -2.25. The molecule has 21 heavy (non-hydrogen) atoms. The molecule has 5 nitrogen and oxygen atoms in total. The topological polar surface area (TPSA) is 84.2 Å². The molecule has 0 aromatic heterocycles. The zero-order valence-corrected chi connectivity index (χ0v) is 13.2. The van der Waals surface area contributed by atoms with Crippen molar-refractivity contribution < 1.29 is 9.59 Å². The molecule has 1 aromatic rings. The fraction of sp³-hybridized carbons (Fsp3) is 0.500. The molecule has 1 aromatic carbocycles. The lowest BCUT2D eigenvalue weighted by Crippen LogP contribution is -2.46. The summed E-state index contributed by atoms with van der Waals surface area (Å²) in [7, 11) is 0. The van der Waals surface area contributed by atoms with Gasteiger partial charge in [0.15, 0.2) is 0 Å². The van der Waals surface area contributed by atoms with Gasteiger partial charge in [0.05, 0.1) is 5.56 Å². The van der Waals surface area contributed by atoms with Gasteiger partial charge in [-0.2, -0.15) is 0 Å². The lowest BCUT2D eigenvalue weighted by atomic mass is 9.99. The van der Waals surface area contributed by atoms with Crippen molar-refractivity contribution in [1.29, 1.82) is 0 Å². The van der Waals surface area contributed by atoms with Gasteiger partial charge in [-0.1, -0.05) is 13.0 Å². The highest BCUT2D eigenvalue weighted by molar-refractivity contribution is 6.00. The van der Waals surface area contributed by atoms with Crippen molar-refractivity contribution in [2.75, 3.05) is 11.9 Å². The highest BCUT2D eigenvalue weighted by Gasteiger charge is 2.24. The molecule has 2 amide bonds. The quantitative estimate of drug-likeness (QED) is 0.720.